The van der Waals surface area contributed by atoms with E-state index >= 15 is 0 Å². The fraction of sp³-hybridized carbons (Fsp3) is 0.259. The molecule has 9 heteroatoms. The number of likely N-dealkylation sites (N-methyl/N-ethyl adjacent to an activating group) is 1. The number of H-pyrrole nitrogens is 1. The number of imide groups is 1. The van der Waals surface area contributed by atoms with Crippen molar-refractivity contribution >= 4 is 44.8 Å². The summed E-state index contributed by atoms with van der Waals surface area (Å²) in [4.78, 5) is 31.4. The molecule has 0 saturated heterocycles. The number of hydrogen-bond acceptors (Lipinski definition) is 6. The van der Waals surface area contributed by atoms with Gasteiger partial charge < -0.3 is 29.0 Å². The number of benzene rings is 2. The van der Waals surface area contributed by atoms with E-state index in [1.807, 2.05) is 60.1 Å². The number of aromatic nitrogens is 2. The van der Waals surface area contributed by atoms with E-state index < -0.39 is 17.9 Å². The van der Waals surface area contributed by atoms with Gasteiger partial charge in [0, 0.05) is 59.0 Å². The Balaban J connectivity index is 1.77. The molecule has 1 atom stereocenters. The van der Waals surface area contributed by atoms with Crippen molar-refractivity contribution in [3.63, 3.8) is 0 Å². The molecule has 2 aromatic carbocycles. The summed E-state index contributed by atoms with van der Waals surface area (Å²) in [5.41, 5.74) is 3.43. The number of fused-ring (bicyclic) bond motifs is 2. The van der Waals surface area contributed by atoms with Crippen LogP contribution in [0.3, 0.4) is 0 Å². The smallest absolute Gasteiger partial charge is 0.259 e. The summed E-state index contributed by atoms with van der Waals surface area (Å²) >= 11 is 0. The molecule has 9 nitrogen and oxygen atoms in total. The Morgan fingerprint density at radius 1 is 0.972 bits per heavy atom. The number of carbonyl (C=O) groups excluding carboxylic acids is 2. The fourth-order valence-corrected chi connectivity index (χ4v) is 4.92. The van der Waals surface area contributed by atoms with Crippen LogP contribution in [0.1, 0.15) is 11.1 Å². The monoisotopic (exact) mass is 488 g/mol. The lowest BCUT2D eigenvalue weighted by molar-refractivity contribution is -0.122. The van der Waals surface area contributed by atoms with Gasteiger partial charge in [0.2, 0.25) is 0 Å². The summed E-state index contributed by atoms with van der Waals surface area (Å²) in [6, 6.07) is 11.3. The molecule has 1 aliphatic rings. The first kappa shape index (κ1) is 23.7. The number of para-hydroxylation sites is 1. The lowest BCUT2D eigenvalue weighted by Crippen LogP contribution is -2.29. The van der Waals surface area contributed by atoms with E-state index in [1.54, 1.807) is 26.5 Å². The molecule has 5 rings (SSSR count). The molecular weight excluding hydrogens is 460 g/mol. The van der Waals surface area contributed by atoms with Gasteiger partial charge in [-0.05, 0) is 26.2 Å². The molecule has 0 fully saturated rings. The summed E-state index contributed by atoms with van der Waals surface area (Å²) < 4.78 is 12.9. The first-order chi connectivity index (χ1) is 17.3. The van der Waals surface area contributed by atoms with Crippen LogP contribution in [-0.4, -0.2) is 72.3 Å². The lowest BCUT2D eigenvalue weighted by Gasteiger charge is -2.17. The summed E-state index contributed by atoms with van der Waals surface area (Å²) in [5, 5.41) is 14.7. The van der Waals surface area contributed by atoms with Gasteiger partial charge in [-0.15, -0.1) is 0 Å². The van der Waals surface area contributed by atoms with Crippen LogP contribution in [0.5, 0.6) is 11.5 Å². The maximum absolute atomic E-state index is 13.2. The minimum Gasteiger partial charge on any atom is -0.493 e. The van der Waals surface area contributed by atoms with Crippen molar-refractivity contribution in [1.29, 1.82) is 0 Å². The van der Waals surface area contributed by atoms with Gasteiger partial charge >= 0.3 is 0 Å². The van der Waals surface area contributed by atoms with Gasteiger partial charge in [-0.3, -0.25) is 14.9 Å². The van der Waals surface area contributed by atoms with Crippen molar-refractivity contribution in [2.75, 3.05) is 34.9 Å². The third-order valence-corrected chi connectivity index (χ3v) is 6.43. The minimum absolute atomic E-state index is 0.280. The van der Waals surface area contributed by atoms with Crippen LogP contribution in [0.2, 0.25) is 0 Å². The maximum atomic E-state index is 13.2. The Morgan fingerprint density at radius 3 is 2.33 bits per heavy atom. The zero-order chi connectivity index (χ0) is 25.6. The normalized spacial score (nSPS) is 14.8. The van der Waals surface area contributed by atoms with Crippen LogP contribution < -0.4 is 14.8 Å². The molecule has 0 bridgehead atoms. The highest BCUT2D eigenvalue weighted by Gasteiger charge is 2.35. The Kier molecular flexibility index (Phi) is 6.03. The summed E-state index contributed by atoms with van der Waals surface area (Å²) in [6.07, 6.45) is 2.91. The fourth-order valence-electron chi connectivity index (χ4n) is 4.92. The summed E-state index contributed by atoms with van der Waals surface area (Å²) in [6.45, 7) is 0.750. The molecule has 36 heavy (non-hydrogen) atoms. The van der Waals surface area contributed by atoms with E-state index in [-0.39, 0.29) is 12.1 Å². The van der Waals surface area contributed by atoms with E-state index in [0.717, 1.165) is 16.4 Å². The average molecular weight is 489 g/mol. The summed E-state index contributed by atoms with van der Waals surface area (Å²) in [5.74, 6) is 0.101. The van der Waals surface area contributed by atoms with Crippen molar-refractivity contribution in [2.24, 2.45) is 0 Å². The quantitative estimate of drug-likeness (QED) is 0.329. The minimum atomic E-state index is -0.655. The molecule has 3 heterocycles. The first-order valence-electron chi connectivity index (χ1n) is 11.6. The molecule has 0 radical (unpaired) electrons. The van der Waals surface area contributed by atoms with Crippen LogP contribution in [-0.2, 0) is 16.1 Å². The van der Waals surface area contributed by atoms with Gasteiger partial charge in [-0.25, -0.2) is 0 Å². The second kappa shape index (κ2) is 9.18. The van der Waals surface area contributed by atoms with Gasteiger partial charge in [0.1, 0.15) is 0 Å². The second-order valence-electron chi connectivity index (χ2n) is 9.12. The van der Waals surface area contributed by atoms with Crippen molar-refractivity contribution in [1.82, 2.24) is 19.8 Å². The Hall–Kier alpha value is -4.08. The predicted molar refractivity (Wildman–Crippen MR) is 138 cm³/mol. The average Bonchev–Trinajstić information content (AvgIpc) is 3.50. The number of nitrogens with one attached hydrogen (secondary N) is 2. The van der Waals surface area contributed by atoms with E-state index in [0.29, 0.717) is 40.1 Å². The van der Waals surface area contributed by atoms with Crippen LogP contribution in [0.15, 0.2) is 48.8 Å². The SMILES string of the molecule is COc1cc2c(C3=C(c4c[nH]c5ccccc45)C(=O)NC3=O)cn(CC(O)CN(C)C)c2cc1OC. The number of aliphatic hydroxyl groups is 1. The van der Waals surface area contributed by atoms with Crippen LogP contribution in [0.4, 0.5) is 0 Å². The third-order valence-electron chi connectivity index (χ3n) is 6.43. The largest absolute Gasteiger partial charge is 0.493 e. The topological polar surface area (TPSA) is 109 Å². The van der Waals surface area contributed by atoms with E-state index in [4.69, 9.17) is 9.47 Å². The number of rotatable bonds is 8. The Bertz CT molecular complexity index is 1530. The number of ether oxygens (including phenoxy) is 2. The molecule has 2 aromatic heterocycles. The highest BCUT2D eigenvalue weighted by Crippen LogP contribution is 2.41. The zero-order valence-corrected chi connectivity index (χ0v) is 20.6. The van der Waals surface area contributed by atoms with Crippen molar-refractivity contribution in [3.8, 4) is 11.5 Å². The van der Waals surface area contributed by atoms with Gasteiger partial charge in [-0.1, -0.05) is 18.2 Å². The second-order valence-corrected chi connectivity index (χ2v) is 9.12. The predicted octanol–water partition coefficient (Wildman–Crippen LogP) is 2.63. The molecule has 0 spiro atoms. The Morgan fingerprint density at radius 2 is 1.64 bits per heavy atom. The molecule has 186 valence electrons. The van der Waals surface area contributed by atoms with Crippen LogP contribution >= 0.6 is 0 Å². The molecule has 4 aromatic rings. The van der Waals surface area contributed by atoms with Gasteiger partial charge in [-0.2, -0.15) is 0 Å². The number of amides is 2. The number of aliphatic hydroxyl groups excluding tert-OH is 1. The number of nitrogens with zero attached hydrogens (tertiary/aromatic N) is 2. The highest BCUT2D eigenvalue weighted by molar-refractivity contribution is 6.50. The number of carbonyl (C=O) groups is 2. The van der Waals surface area contributed by atoms with E-state index in [1.165, 1.54) is 0 Å². The molecule has 1 aliphatic heterocycles. The Labute approximate surface area is 207 Å². The third kappa shape index (κ3) is 3.92. The number of methoxy groups -OCH3 is 2. The van der Waals surface area contributed by atoms with E-state index in [2.05, 4.69) is 10.3 Å². The maximum Gasteiger partial charge on any atom is 0.259 e. The molecule has 3 N–H and O–H groups in total. The molecule has 1 unspecified atom stereocenters. The molecule has 0 aliphatic carbocycles. The van der Waals surface area contributed by atoms with Crippen molar-refractivity contribution < 1.29 is 24.2 Å². The van der Waals surface area contributed by atoms with Gasteiger partial charge in [0.15, 0.2) is 11.5 Å². The summed E-state index contributed by atoms with van der Waals surface area (Å²) in [7, 11) is 6.88. The lowest BCUT2D eigenvalue weighted by atomic mass is 9.95. The van der Waals surface area contributed by atoms with Gasteiger partial charge in [0.25, 0.3) is 11.8 Å². The van der Waals surface area contributed by atoms with Crippen molar-refractivity contribution in [2.45, 2.75) is 12.6 Å². The van der Waals surface area contributed by atoms with Crippen LogP contribution in [0, 0.1) is 0 Å². The van der Waals surface area contributed by atoms with E-state index in [9.17, 15) is 14.7 Å². The standard InChI is InChI=1S/C27H28N4O5/c1-30(2)12-15(32)13-31-14-19(17-9-22(35-3)23(36-4)10-21(17)31)25-24(26(33)29-27(25)34)18-11-28-20-8-6-5-7-16(18)20/h5-11,14-15,28,32H,12-13H2,1-4H3,(H,29,33,34). The van der Waals surface area contributed by atoms with Gasteiger partial charge in [0.05, 0.1) is 37.0 Å². The highest BCUT2D eigenvalue weighted by atomic mass is 16.5. The zero-order valence-electron chi connectivity index (χ0n) is 20.6. The number of aromatic amines is 1. The number of hydrogen-bond donors (Lipinski definition) is 3. The molecule has 2 amide bonds. The molecule has 0 saturated carbocycles. The first-order valence-corrected chi connectivity index (χ1v) is 11.6. The van der Waals surface area contributed by atoms with Crippen LogP contribution in [0.25, 0.3) is 33.0 Å². The van der Waals surface area contributed by atoms with Crippen molar-refractivity contribution in [3.05, 3.63) is 59.9 Å². The molecular formula is C27H28N4O5.